The average molecular weight is 269 g/mol. The molecule has 3 heteroatoms. The van der Waals surface area contributed by atoms with E-state index in [1.807, 2.05) is 12.4 Å². The second-order valence-electron chi connectivity index (χ2n) is 5.70. The first-order valence-electron chi connectivity index (χ1n) is 7.68. The van der Waals surface area contributed by atoms with Crippen molar-refractivity contribution in [3.05, 3.63) is 36.7 Å². The van der Waals surface area contributed by atoms with Gasteiger partial charge in [-0.05, 0) is 49.4 Å². The smallest absolute Gasteiger partial charge is 0.0348 e. The lowest BCUT2D eigenvalue weighted by atomic mass is 10.0. The first kappa shape index (κ1) is 13.4. The summed E-state index contributed by atoms with van der Waals surface area (Å²) in [6.07, 6.45) is 7.53. The van der Waals surface area contributed by atoms with Crippen LogP contribution in [0.25, 0.3) is 10.8 Å². The summed E-state index contributed by atoms with van der Waals surface area (Å²) in [5, 5.41) is 6.15. The van der Waals surface area contributed by atoms with E-state index in [0.717, 1.165) is 0 Å². The van der Waals surface area contributed by atoms with E-state index in [2.05, 4.69) is 46.4 Å². The van der Waals surface area contributed by atoms with Gasteiger partial charge in [-0.2, -0.15) is 0 Å². The number of nitrogens with zero attached hydrogens (tertiary/aromatic N) is 2. The Balaban J connectivity index is 1.62. The molecule has 1 saturated heterocycles. The molecule has 2 aromatic rings. The Bertz CT molecular complexity index is 559. The lowest BCUT2D eigenvalue weighted by Gasteiger charge is -2.32. The number of pyridine rings is 1. The quantitative estimate of drug-likeness (QED) is 0.920. The van der Waals surface area contributed by atoms with E-state index in [4.69, 9.17) is 0 Å². The Morgan fingerprint density at radius 2 is 2.05 bits per heavy atom. The Morgan fingerprint density at radius 1 is 1.20 bits per heavy atom. The molecule has 1 aromatic carbocycles. The third-order valence-electron chi connectivity index (χ3n) is 4.14. The lowest BCUT2D eigenvalue weighted by Crippen LogP contribution is -2.39. The molecule has 1 aliphatic heterocycles. The number of hydrogen-bond acceptors (Lipinski definition) is 3. The first-order chi connectivity index (χ1) is 9.85. The maximum Gasteiger partial charge on any atom is 0.0348 e. The van der Waals surface area contributed by atoms with Crippen LogP contribution in [0, 0.1) is 0 Å². The fourth-order valence-electron chi connectivity index (χ4n) is 3.03. The standard InChI is InChI=1S/C17H23N3/c1-2-9-20-10-6-16(7-11-20)19-17-4-3-15-13-18-8-5-14(15)12-17/h3-5,8,12-13,16,19H,2,6-7,9-11H2,1H3. The van der Waals surface area contributed by atoms with Crippen LogP contribution >= 0.6 is 0 Å². The second-order valence-corrected chi connectivity index (χ2v) is 5.70. The molecule has 20 heavy (non-hydrogen) atoms. The van der Waals surface area contributed by atoms with Gasteiger partial charge in [0.1, 0.15) is 0 Å². The molecule has 3 rings (SSSR count). The highest BCUT2D eigenvalue weighted by Gasteiger charge is 2.18. The minimum atomic E-state index is 0.613. The second kappa shape index (κ2) is 6.23. The van der Waals surface area contributed by atoms with Gasteiger partial charge in [0.25, 0.3) is 0 Å². The van der Waals surface area contributed by atoms with Crippen LogP contribution < -0.4 is 5.32 Å². The van der Waals surface area contributed by atoms with Crippen molar-refractivity contribution in [2.45, 2.75) is 32.2 Å². The van der Waals surface area contributed by atoms with Crippen molar-refractivity contribution >= 4 is 16.5 Å². The number of aromatic nitrogens is 1. The predicted octanol–water partition coefficient (Wildman–Crippen LogP) is 3.52. The third-order valence-corrected chi connectivity index (χ3v) is 4.14. The maximum absolute atomic E-state index is 4.16. The zero-order valence-electron chi connectivity index (χ0n) is 12.2. The molecule has 0 spiro atoms. The number of fused-ring (bicyclic) bond motifs is 1. The number of anilines is 1. The molecule has 1 N–H and O–H groups in total. The minimum absolute atomic E-state index is 0.613. The van der Waals surface area contributed by atoms with E-state index >= 15 is 0 Å². The first-order valence-corrected chi connectivity index (χ1v) is 7.68. The molecule has 0 radical (unpaired) electrons. The van der Waals surface area contributed by atoms with Gasteiger partial charge in [-0.25, -0.2) is 0 Å². The van der Waals surface area contributed by atoms with E-state index in [1.54, 1.807) is 0 Å². The molecule has 106 valence electrons. The van der Waals surface area contributed by atoms with Crippen LogP contribution in [0.3, 0.4) is 0 Å². The SMILES string of the molecule is CCCN1CCC(Nc2ccc3cnccc3c2)CC1. The number of piperidine rings is 1. The lowest BCUT2D eigenvalue weighted by molar-refractivity contribution is 0.219. The fraction of sp³-hybridized carbons (Fsp3) is 0.471. The molecule has 0 aliphatic carbocycles. The molecule has 1 fully saturated rings. The zero-order chi connectivity index (χ0) is 13.8. The van der Waals surface area contributed by atoms with E-state index in [1.165, 1.54) is 55.4 Å². The van der Waals surface area contributed by atoms with E-state index in [9.17, 15) is 0 Å². The van der Waals surface area contributed by atoms with Crippen LogP contribution in [-0.2, 0) is 0 Å². The van der Waals surface area contributed by atoms with Crippen molar-refractivity contribution < 1.29 is 0 Å². The summed E-state index contributed by atoms with van der Waals surface area (Å²) in [4.78, 5) is 6.73. The van der Waals surface area contributed by atoms with Gasteiger partial charge in [-0.3, -0.25) is 4.98 Å². The fourth-order valence-corrected chi connectivity index (χ4v) is 3.03. The molecule has 0 amide bonds. The highest BCUT2D eigenvalue weighted by atomic mass is 15.1. The predicted molar refractivity (Wildman–Crippen MR) is 85.1 cm³/mol. The van der Waals surface area contributed by atoms with E-state index in [-0.39, 0.29) is 0 Å². The number of likely N-dealkylation sites (tertiary alicyclic amines) is 1. The van der Waals surface area contributed by atoms with Gasteiger partial charge in [0, 0.05) is 42.6 Å². The number of benzene rings is 1. The van der Waals surface area contributed by atoms with Crippen LogP contribution in [0.15, 0.2) is 36.7 Å². The zero-order valence-corrected chi connectivity index (χ0v) is 12.2. The molecule has 0 saturated carbocycles. The van der Waals surface area contributed by atoms with Crippen molar-refractivity contribution in [3.8, 4) is 0 Å². The maximum atomic E-state index is 4.16. The number of rotatable bonds is 4. The van der Waals surface area contributed by atoms with Crippen LogP contribution in [0.5, 0.6) is 0 Å². The summed E-state index contributed by atoms with van der Waals surface area (Å²) in [6, 6.07) is 9.24. The van der Waals surface area contributed by atoms with E-state index < -0.39 is 0 Å². The van der Waals surface area contributed by atoms with Gasteiger partial charge < -0.3 is 10.2 Å². The molecule has 1 aliphatic rings. The summed E-state index contributed by atoms with van der Waals surface area (Å²) in [7, 11) is 0. The van der Waals surface area contributed by atoms with Crippen molar-refractivity contribution in [2.24, 2.45) is 0 Å². The third kappa shape index (κ3) is 3.10. The van der Waals surface area contributed by atoms with Crippen LogP contribution in [0.2, 0.25) is 0 Å². The highest BCUT2D eigenvalue weighted by Crippen LogP contribution is 2.21. The summed E-state index contributed by atoms with van der Waals surface area (Å²) < 4.78 is 0. The molecular formula is C17H23N3. The Morgan fingerprint density at radius 3 is 2.85 bits per heavy atom. The molecule has 3 nitrogen and oxygen atoms in total. The Kier molecular flexibility index (Phi) is 4.16. The number of nitrogens with one attached hydrogen (secondary N) is 1. The van der Waals surface area contributed by atoms with Gasteiger partial charge in [0.15, 0.2) is 0 Å². The van der Waals surface area contributed by atoms with E-state index in [0.29, 0.717) is 6.04 Å². The van der Waals surface area contributed by atoms with Crippen molar-refractivity contribution in [2.75, 3.05) is 25.0 Å². The Hall–Kier alpha value is -1.61. The molecule has 1 aromatic heterocycles. The monoisotopic (exact) mass is 269 g/mol. The molecule has 0 bridgehead atoms. The number of hydrogen-bond donors (Lipinski definition) is 1. The van der Waals surface area contributed by atoms with Gasteiger partial charge in [0.05, 0.1) is 0 Å². The van der Waals surface area contributed by atoms with Gasteiger partial charge in [-0.1, -0.05) is 13.0 Å². The summed E-state index contributed by atoms with van der Waals surface area (Å²) in [5.41, 5.74) is 1.23. The average Bonchev–Trinajstić information content (AvgIpc) is 2.49. The molecular weight excluding hydrogens is 246 g/mol. The summed E-state index contributed by atoms with van der Waals surface area (Å²) in [6.45, 7) is 5.95. The van der Waals surface area contributed by atoms with Crippen LogP contribution in [-0.4, -0.2) is 35.6 Å². The van der Waals surface area contributed by atoms with Gasteiger partial charge >= 0.3 is 0 Å². The van der Waals surface area contributed by atoms with Gasteiger partial charge in [-0.15, -0.1) is 0 Å². The van der Waals surface area contributed by atoms with Gasteiger partial charge in [0.2, 0.25) is 0 Å². The minimum Gasteiger partial charge on any atom is -0.382 e. The summed E-state index contributed by atoms with van der Waals surface area (Å²) in [5.74, 6) is 0. The van der Waals surface area contributed by atoms with Crippen LogP contribution in [0.4, 0.5) is 5.69 Å². The largest absolute Gasteiger partial charge is 0.382 e. The molecule has 0 unspecified atom stereocenters. The molecule has 2 heterocycles. The van der Waals surface area contributed by atoms with Crippen molar-refractivity contribution in [3.63, 3.8) is 0 Å². The topological polar surface area (TPSA) is 28.2 Å². The highest BCUT2D eigenvalue weighted by molar-refractivity contribution is 5.84. The van der Waals surface area contributed by atoms with Crippen molar-refractivity contribution in [1.82, 2.24) is 9.88 Å². The Labute approximate surface area is 121 Å². The van der Waals surface area contributed by atoms with Crippen molar-refractivity contribution in [1.29, 1.82) is 0 Å². The van der Waals surface area contributed by atoms with Crippen LogP contribution in [0.1, 0.15) is 26.2 Å². The molecule has 0 atom stereocenters. The normalized spacial score (nSPS) is 17.4. The summed E-state index contributed by atoms with van der Waals surface area (Å²) >= 11 is 0.